The molecule has 4 nitrogen and oxygen atoms in total. The van der Waals surface area contributed by atoms with E-state index >= 15 is 0 Å². The van der Waals surface area contributed by atoms with Crippen LogP contribution in [0.15, 0.2) is 12.7 Å². The Labute approximate surface area is 91.3 Å². The number of hydrogen-bond donors (Lipinski definition) is 1. The zero-order valence-corrected chi connectivity index (χ0v) is 9.37. The summed E-state index contributed by atoms with van der Waals surface area (Å²) < 4.78 is 4.96. The number of carbonyl (C=O) groups is 1. The van der Waals surface area contributed by atoms with Crippen LogP contribution in [0.2, 0.25) is 0 Å². The second kappa shape index (κ2) is 6.58. The molecule has 0 aromatic heterocycles. The highest BCUT2D eigenvalue weighted by molar-refractivity contribution is 5.78. The molecule has 0 saturated heterocycles. The van der Waals surface area contributed by atoms with Crippen molar-refractivity contribution in [1.29, 1.82) is 0 Å². The van der Waals surface area contributed by atoms with E-state index in [2.05, 4.69) is 11.9 Å². The fraction of sp³-hybridized carbons (Fsp3) is 0.727. The van der Waals surface area contributed by atoms with E-state index in [1.807, 2.05) is 0 Å². The second-order valence-electron chi connectivity index (χ2n) is 3.78. The first kappa shape index (κ1) is 12.2. The van der Waals surface area contributed by atoms with Crippen LogP contribution in [0.4, 0.5) is 0 Å². The van der Waals surface area contributed by atoms with Gasteiger partial charge >= 0.3 is 0 Å². The van der Waals surface area contributed by atoms with Crippen molar-refractivity contribution in [3.05, 3.63) is 12.7 Å². The van der Waals surface area contributed by atoms with Gasteiger partial charge in [-0.05, 0) is 12.8 Å². The molecule has 1 fully saturated rings. The van der Waals surface area contributed by atoms with Crippen LogP contribution in [0.25, 0.3) is 0 Å². The van der Waals surface area contributed by atoms with Crippen molar-refractivity contribution in [2.45, 2.75) is 18.9 Å². The molecule has 1 aliphatic carbocycles. The Morgan fingerprint density at radius 3 is 2.93 bits per heavy atom. The Hall–Kier alpha value is -0.870. The minimum Gasteiger partial charge on any atom is -0.383 e. The summed E-state index contributed by atoms with van der Waals surface area (Å²) >= 11 is 0. The van der Waals surface area contributed by atoms with Gasteiger partial charge in [0, 0.05) is 26.2 Å². The molecule has 1 amide bonds. The second-order valence-corrected chi connectivity index (χ2v) is 3.78. The summed E-state index contributed by atoms with van der Waals surface area (Å²) in [7, 11) is 1.64. The zero-order chi connectivity index (χ0) is 11.1. The van der Waals surface area contributed by atoms with E-state index in [1.54, 1.807) is 18.1 Å². The van der Waals surface area contributed by atoms with Gasteiger partial charge < -0.3 is 15.0 Å². The largest absolute Gasteiger partial charge is 0.383 e. The summed E-state index contributed by atoms with van der Waals surface area (Å²) in [6, 6.07) is 0.571. The summed E-state index contributed by atoms with van der Waals surface area (Å²) in [5.74, 6) is 0.124. The standard InChI is InChI=1S/C11H20N2O2/c1-3-6-13(7-8-15-2)11(14)9-12-10-4-5-10/h3,10,12H,1,4-9H2,2H3. The molecule has 4 heteroatoms. The molecule has 0 spiro atoms. The lowest BCUT2D eigenvalue weighted by Gasteiger charge is -2.20. The van der Waals surface area contributed by atoms with E-state index in [-0.39, 0.29) is 5.91 Å². The fourth-order valence-electron chi connectivity index (χ4n) is 1.31. The average Bonchev–Trinajstić information content (AvgIpc) is 3.04. The molecule has 1 saturated carbocycles. The molecule has 1 N–H and O–H groups in total. The van der Waals surface area contributed by atoms with Gasteiger partial charge in [-0.15, -0.1) is 6.58 Å². The third-order valence-corrected chi connectivity index (χ3v) is 2.39. The molecule has 15 heavy (non-hydrogen) atoms. The number of nitrogens with one attached hydrogen (secondary N) is 1. The molecule has 0 atom stereocenters. The van der Waals surface area contributed by atoms with E-state index in [4.69, 9.17) is 4.74 Å². The van der Waals surface area contributed by atoms with Crippen LogP contribution in [-0.2, 0) is 9.53 Å². The molecule has 0 aliphatic heterocycles. The normalized spacial score (nSPS) is 15.0. The van der Waals surface area contributed by atoms with Crippen LogP contribution in [0, 0.1) is 0 Å². The Bertz CT molecular complexity index is 215. The van der Waals surface area contributed by atoms with E-state index < -0.39 is 0 Å². The molecule has 0 aromatic carbocycles. The molecule has 0 heterocycles. The van der Waals surface area contributed by atoms with Crippen LogP contribution in [0.3, 0.4) is 0 Å². The number of nitrogens with zero attached hydrogens (tertiary/aromatic N) is 1. The fourth-order valence-corrected chi connectivity index (χ4v) is 1.31. The van der Waals surface area contributed by atoms with Gasteiger partial charge in [-0.3, -0.25) is 4.79 Å². The molecule has 0 aromatic rings. The zero-order valence-electron chi connectivity index (χ0n) is 9.37. The van der Waals surface area contributed by atoms with Gasteiger partial charge in [0.1, 0.15) is 0 Å². The Kier molecular flexibility index (Phi) is 5.36. The molecule has 0 bridgehead atoms. The van der Waals surface area contributed by atoms with Gasteiger partial charge in [0.15, 0.2) is 0 Å². The Balaban J connectivity index is 2.23. The number of methoxy groups -OCH3 is 1. The van der Waals surface area contributed by atoms with Crippen LogP contribution in [0.5, 0.6) is 0 Å². The molecular formula is C11H20N2O2. The predicted molar refractivity (Wildman–Crippen MR) is 59.7 cm³/mol. The smallest absolute Gasteiger partial charge is 0.236 e. The van der Waals surface area contributed by atoms with Crippen molar-refractivity contribution in [2.24, 2.45) is 0 Å². The van der Waals surface area contributed by atoms with E-state index in [0.717, 1.165) is 0 Å². The van der Waals surface area contributed by atoms with Gasteiger partial charge in [-0.1, -0.05) is 6.08 Å². The minimum atomic E-state index is 0.124. The van der Waals surface area contributed by atoms with Crippen molar-refractivity contribution < 1.29 is 9.53 Å². The number of rotatable bonds is 8. The Morgan fingerprint density at radius 2 is 2.40 bits per heavy atom. The lowest BCUT2D eigenvalue weighted by atomic mass is 10.4. The molecule has 1 rings (SSSR count). The maximum Gasteiger partial charge on any atom is 0.236 e. The highest BCUT2D eigenvalue weighted by Gasteiger charge is 2.22. The number of ether oxygens (including phenoxy) is 1. The van der Waals surface area contributed by atoms with Crippen LogP contribution >= 0.6 is 0 Å². The van der Waals surface area contributed by atoms with Crippen molar-refractivity contribution in [3.8, 4) is 0 Å². The van der Waals surface area contributed by atoms with Gasteiger partial charge in [0.2, 0.25) is 5.91 Å². The highest BCUT2D eigenvalue weighted by atomic mass is 16.5. The number of hydrogen-bond acceptors (Lipinski definition) is 3. The van der Waals surface area contributed by atoms with Crippen molar-refractivity contribution >= 4 is 5.91 Å². The van der Waals surface area contributed by atoms with E-state index in [0.29, 0.717) is 32.3 Å². The first-order valence-electron chi connectivity index (χ1n) is 5.39. The number of amides is 1. The van der Waals surface area contributed by atoms with Crippen LogP contribution < -0.4 is 5.32 Å². The summed E-state index contributed by atoms with van der Waals surface area (Å²) in [5.41, 5.74) is 0. The lowest BCUT2D eigenvalue weighted by Crippen LogP contribution is -2.40. The lowest BCUT2D eigenvalue weighted by molar-refractivity contribution is -0.130. The average molecular weight is 212 g/mol. The third kappa shape index (κ3) is 4.95. The van der Waals surface area contributed by atoms with Gasteiger partial charge in [-0.25, -0.2) is 0 Å². The first-order valence-corrected chi connectivity index (χ1v) is 5.39. The van der Waals surface area contributed by atoms with E-state index in [1.165, 1.54) is 12.8 Å². The van der Waals surface area contributed by atoms with Crippen LogP contribution in [-0.4, -0.2) is 50.2 Å². The van der Waals surface area contributed by atoms with Gasteiger partial charge in [0.25, 0.3) is 0 Å². The van der Waals surface area contributed by atoms with Crippen LogP contribution in [0.1, 0.15) is 12.8 Å². The maximum absolute atomic E-state index is 11.7. The summed E-state index contributed by atoms with van der Waals surface area (Å²) in [6.07, 6.45) is 4.14. The maximum atomic E-state index is 11.7. The van der Waals surface area contributed by atoms with Gasteiger partial charge in [0.05, 0.1) is 13.2 Å². The minimum absolute atomic E-state index is 0.124. The molecular weight excluding hydrogens is 192 g/mol. The quantitative estimate of drug-likeness (QED) is 0.592. The van der Waals surface area contributed by atoms with E-state index in [9.17, 15) is 4.79 Å². The highest BCUT2D eigenvalue weighted by Crippen LogP contribution is 2.18. The molecule has 1 aliphatic rings. The summed E-state index contributed by atoms with van der Waals surface area (Å²) in [5, 5.41) is 3.21. The van der Waals surface area contributed by atoms with Gasteiger partial charge in [-0.2, -0.15) is 0 Å². The SMILES string of the molecule is C=CCN(CCOC)C(=O)CNC1CC1. The van der Waals surface area contributed by atoms with Crippen molar-refractivity contribution in [2.75, 3.05) is 33.4 Å². The first-order chi connectivity index (χ1) is 7.27. The topological polar surface area (TPSA) is 41.6 Å². The molecule has 0 radical (unpaired) electrons. The van der Waals surface area contributed by atoms with Crippen molar-refractivity contribution in [1.82, 2.24) is 10.2 Å². The third-order valence-electron chi connectivity index (χ3n) is 2.39. The monoisotopic (exact) mass is 212 g/mol. The molecule has 86 valence electrons. The predicted octanol–water partition coefficient (Wildman–Crippen LogP) is 0.399. The Morgan fingerprint density at radius 1 is 1.67 bits per heavy atom. The summed E-state index contributed by atoms with van der Waals surface area (Å²) in [6.45, 7) is 5.87. The number of carbonyl (C=O) groups excluding carboxylic acids is 1. The van der Waals surface area contributed by atoms with Crippen molar-refractivity contribution in [3.63, 3.8) is 0 Å². The summed E-state index contributed by atoms with van der Waals surface area (Å²) in [4.78, 5) is 13.5. The molecule has 0 unspecified atom stereocenters.